The normalized spacial score (nSPS) is 9.83. The summed E-state index contributed by atoms with van der Waals surface area (Å²) >= 11 is 1.51. The highest BCUT2D eigenvalue weighted by Crippen LogP contribution is 2.15. The van der Waals surface area contributed by atoms with E-state index in [2.05, 4.69) is 15.3 Å². The highest BCUT2D eigenvalue weighted by Gasteiger charge is 1.96. The third kappa shape index (κ3) is 2.67. The van der Waals surface area contributed by atoms with E-state index in [9.17, 15) is 0 Å². The Kier molecular flexibility index (Phi) is 3.83. The van der Waals surface area contributed by atoms with Crippen LogP contribution >= 0.6 is 11.8 Å². The van der Waals surface area contributed by atoms with Gasteiger partial charge in [-0.15, -0.1) is 11.8 Å². The zero-order chi connectivity index (χ0) is 8.81. The molecule has 4 nitrogen and oxygen atoms in total. The number of aliphatic hydroxyl groups excluding tert-OH is 1. The van der Waals surface area contributed by atoms with E-state index in [1.54, 1.807) is 0 Å². The molecule has 0 aromatic carbocycles. The minimum Gasteiger partial charge on any atom is -0.396 e. The number of thioether (sulfide) groups is 1. The standard InChI is InChI=1S/C7H11N3OS/c1-8-6-4-7(10-5-9-6)12-3-2-11/h4-5,11H,2-3H2,1H3,(H,8,9,10). The predicted octanol–water partition coefficient (Wildman–Crippen LogP) is 0.603. The third-order valence-electron chi connectivity index (χ3n) is 1.24. The van der Waals surface area contributed by atoms with Crippen LogP contribution < -0.4 is 5.32 Å². The van der Waals surface area contributed by atoms with Crippen LogP contribution in [0.4, 0.5) is 5.82 Å². The molecule has 0 saturated carbocycles. The lowest BCUT2D eigenvalue weighted by Gasteiger charge is -2.00. The molecule has 0 aliphatic carbocycles. The van der Waals surface area contributed by atoms with Crippen LogP contribution in [0.3, 0.4) is 0 Å². The van der Waals surface area contributed by atoms with Crippen molar-refractivity contribution in [3.05, 3.63) is 12.4 Å². The summed E-state index contributed by atoms with van der Waals surface area (Å²) in [4.78, 5) is 7.99. The van der Waals surface area contributed by atoms with Crippen molar-refractivity contribution < 1.29 is 5.11 Å². The number of aliphatic hydroxyl groups is 1. The lowest BCUT2D eigenvalue weighted by Crippen LogP contribution is -1.94. The van der Waals surface area contributed by atoms with Crippen molar-refractivity contribution in [2.24, 2.45) is 0 Å². The van der Waals surface area contributed by atoms with E-state index < -0.39 is 0 Å². The SMILES string of the molecule is CNc1cc(SCCO)ncn1. The molecule has 0 amide bonds. The van der Waals surface area contributed by atoms with Gasteiger partial charge in [0.15, 0.2) is 0 Å². The molecule has 5 heteroatoms. The van der Waals surface area contributed by atoms with Gasteiger partial charge in [-0.05, 0) is 0 Å². The fourth-order valence-electron chi connectivity index (χ4n) is 0.705. The molecule has 0 fully saturated rings. The summed E-state index contributed by atoms with van der Waals surface area (Å²) in [5, 5.41) is 12.4. The summed E-state index contributed by atoms with van der Waals surface area (Å²) in [6.07, 6.45) is 1.51. The first-order valence-electron chi connectivity index (χ1n) is 3.60. The van der Waals surface area contributed by atoms with Crippen molar-refractivity contribution in [1.82, 2.24) is 9.97 Å². The Hall–Kier alpha value is -0.810. The molecule has 12 heavy (non-hydrogen) atoms. The van der Waals surface area contributed by atoms with E-state index in [0.717, 1.165) is 10.8 Å². The third-order valence-corrected chi connectivity index (χ3v) is 2.15. The Balaban J connectivity index is 2.60. The molecule has 66 valence electrons. The first-order valence-corrected chi connectivity index (χ1v) is 4.59. The molecule has 0 aliphatic heterocycles. The largest absolute Gasteiger partial charge is 0.396 e. The number of nitrogens with zero attached hydrogens (tertiary/aromatic N) is 2. The van der Waals surface area contributed by atoms with Gasteiger partial charge in [0.1, 0.15) is 17.2 Å². The second kappa shape index (κ2) is 4.95. The van der Waals surface area contributed by atoms with Crippen molar-refractivity contribution in [2.75, 3.05) is 24.7 Å². The van der Waals surface area contributed by atoms with Crippen molar-refractivity contribution in [3.8, 4) is 0 Å². The maximum absolute atomic E-state index is 8.57. The van der Waals surface area contributed by atoms with E-state index in [-0.39, 0.29) is 6.61 Å². The van der Waals surface area contributed by atoms with Gasteiger partial charge in [0.25, 0.3) is 0 Å². The molecule has 0 spiro atoms. The molecular formula is C7H11N3OS. The maximum Gasteiger partial charge on any atom is 0.130 e. The molecule has 2 N–H and O–H groups in total. The second-order valence-electron chi connectivity index (χ2n) is 2.06. The Morgan fingerprint density at radius 1 is 1.58 bits per heavy atom. The molecule has 0 unspecified atom stereocenters. The van der Waals surface area contributed by atoms with Crippen LogP contribution in [0.2, 0.25) is 0 Å². The lowest BCUT2D eigenvalue weighted by molar-refractivity contribution is 0.322. The topological polar surface area (TPSA) is 58.0 Å². The first-order chi connectivity index (χ1) is 5.86. The van der Waals surface area contributed by atoms with Gasteiger partial charge in [0, 0.05) is 18.9 Å². The highest BCUT2D eigenvalue weighted by atomic mass is 32.2. The molecule has 0 atom stereocenters. The fourth-order valence-corrected chi connectivity index (χ4v) is 1.32. The Bertz CT molecular complexity index is 244. The van der Waals surface area contributed by atoms with Crippen LogP contribution in [0.15, 0.2) is 17.4 Å². The first kappa shape index (κ1) is 9.28. The number of aromatic nitrogens is 2. The Morgan fingerprint density at radius 2 is 2.42 bits per heavy atom. The average Bonchev–Trinajstić information content (AvgIpc) is 2.15. The van der Waals surface area contributed by atoms with E-state index in [0.29, 0.717) is 5.75 Å². The molecule has 0 saturated heterocycles. The van der Waals surface area contributed by atoms with Gasteiger partial charge in [-0.1, -0.05) is 0 Å². The van der Waals surface area contributed by atoms with Gasteiger partial charge in [-0.3, -0.25) is 0 Å². The molecule has 1 aromatic heterocycles. The number of hydrogen-bond acceptors (Lipinski definition) is 5. The summed E-state index contributed by atoms with van der Waals surface area (Å²) in [5.41, 5.74) is 0. The summed E-state index contributed by atoms with van der Waals surface area (Å²) in [5.74, 6) is 1.46. The molecule has 0 radical (unpaired) electrons. The van der Waals surface area contributed by atoms with E-state index >= 15 is 0 Å². The second-order valence-corrected chi connectivity index (χ2v) is 3.18. The van der Waals surface area contributed by atoms with Crippen LogP contribution in [-0.2, 0) is 0 Å². The smallest absolute Gasteiger partial charge is 0.130 e. The minimum absolute atomic E-state index is 0.170. The van der Waals surface area contributed by atoms with E-state index in [1.807, 2.05) is 13.1 Å². The summed E-state index contributed by atoms with van der Waals surface area (Å²) in [6.45, 7) is 0.170. The molecular weight excluding hydrogens is 174 g/mol. The Morgan fingerprint density at radius 3 is 3.08 bits per heavy atom. The van der Waals surface area contributed by atoms with Crippen LogP contribution in [-0.4, -0.2) is 34.5 Å². The number of hydrogen-bond donors (Lipinski definition) is 2. The van der Waals surface area contributed by atoms with Gasteiger partial charge in [-0.25, -0.2) is 9.97 Å². The van der Waals surface area contributed by atoms with Gasteiger partial charge < -0.3 is 10.4 Å². The van der Waals surface area contributed by atoms with Crippen LogP contribution in [0.25, 0.3) is 0 Å². The van der Waals surface area contributed by atoms with E-state index in [4.69, 9.17) is 5.11 Å². The van der Waals surface area contributed by atoms with Gasteiger partial charge >= 0.3 is 0 Å². The lowest BCUT2D eigenvalue weighted by atomic mass is 10.6. The zero-order valence-electron chi connectivity index (χ0n) is 6.82. The quantitative estimate of drug-likeness (QED) is 0.531. The molecule has 1 heterocycles. The van der Waals surface area contributed by atoms with Crippen molar-refractivity contribution in [1.29, 1.82) is 0 Å². The molecule has 0 bridgehead atoms. The van der Waals surface area contributed by atoms with Crippen LogP contribution in [0.5, 0.6) is 0 Å². The highest BCUT2D eigenvalue weighted by molar-refractivity contribution is 7.99. The summed E-state index contributed by atoms with van der Waals surface area (Å²) in [6, 6.07) is 1.85. The summed E-state index contributed by atoms with van der Waals surface area (Å²) in [7, 11) is 1.81. The minimum atomic E-state index is 0.170. The number of anilines is 1. The number of nitrogens with one attached hydrogen (secondary N) is 1. The van der Waals surface area contributed by atoms with Crippen molar-refractivity contribution >= 4 is 17.6 Å². The number of rotatable bonds is 4. The van der Waals surface area contributed by atoms with Crippen molar-refractivity contribution in [2.45, 2.75) is 5.03 Å². The Labute approximate surface area is 75.4 Å². The maximum atomic E-state index is 8.57. The molecule has 0 aliphatic rings. The van der Waals surface area contributed by atoms with E-state index in [1.165, 1.54) is 18.1 Å². The average molecular weight is 185 g/mol. The summed E-state index contributed by atoms with van der Waals surface area (Å²) < 4.78 is 0. The van der Waals surface area contributed by atoms with Gasteiger partial charge in [-0.2, -0.15) is 0 Å². The predicted molar refractivity (Wildman–Crippen MR) is 49.4 cm³/mol. The molecule has 1 rings (SSSR count). The van der Waals surface area contributed by atoms with Crippen LogP contribution in [0.1, 0.15) is 0 Å². The zero-order valence-corrected chi connectivity index (χ0v) is 7.64. The van der Waals surface area contributed by atoms with Crippen molar-refractivity contribution in [3.63, 3.8) is 0 Å². The van der Waals surface area contributed by atoms with Crippen LogP contribution in [0, 0.1) is 0 Å². The van der Waals surface area contributed by atoms with Gasteiger partial charge in [0.05, 0.1) is 6.61 Å². The fraction of sp³-hybridized carbons (Fsp3) is 0.429. The monoisotopic (exact) mass is 185 g/mol. The van der Waals surface area contributed by atoms with Gasteiger partial charge in [0.2, 0.25) is 0 Å². The molecule has 1 aromatic rings.